The second-order valence-electron chi connectivity index (χ2n) is 4.17. The summed E-state index contributed by atoms with van der Waals surface area (Å²) in [4.78, 5) is 1.46. The van der Waals surface area contributed by atoms with Crippen LogP contribution in [-0.4, -0.2) is 31.2 Å². The van der Waals surface area contributed by atoms with E-state index >= 15 is 0 Å². The zero-order valence-electron chi connectivity index (χ0n) is 10.5. The maximum absolute atomic E-state index is 12.4. The van der Waals surface area contributed by atoms with Crippen molar-refractivity contribution >= 4 is 5.69 Å². The van der Waals surface area contributed by atoms with E-state index in [9.17, 15) is 8.78 Å². The summed E-state index contributed by atoms with van der Waals surface area (Å²) < 4.78 is 24.8. The van der Waals surface area contributed by atoms with E-state index in [0.29, 0.717) is 5.69 Å². The molecule has 5 heteroatoms. The second-order valence-corrected chi connectivity index (χ2v) is 4.17. The van der Waals surface area contributed by atoms with Crippen LogP contribution >= 0.6 is 0 Å². The van der Waals surface area contributed by atoms with Crippen LogP contribution < -0.4 is 10.6 Å². The third-order valence-electron chi connectivity index (χ3n) is 2.85. The SMILES string of the molecule is CCC(N)c1ccc(N(CCO)CC(F)F)cc1. The molecule has 0 saturated heterocycles. The molecule has 0 aliphatic rings. The van der Waals surface area contributed by atoms with E-state index in [4.69, 9.17) is 10.8 Å². The highest BCUT2D eigenvalue weighted by Crippen LogP contribution is 2.20. The topological polar surface area (TPSA) is 49.5 Å². The number of rotatable bonds is 7. The highest BCUT2D eigenvalue weighted by atomic mass is 19.3. The van der Waals surface area contributed by atoms with Crippen molar-refractivity contribution in [1.82, 2.24) is 0 Å². The fraction of sp³-hybridized carbons (Fsp3) is 0.538. The van der Waals surface area contributed by atoms with Crippen LogP contribution in [0.4, 0.5) is 14.5 Å². The van der Waals surface area contributed by atoms with Gasteiger partial charge in [-0.25, -0.2) is 8.78 Å². The van der Waals surface area contributed by atoms with Crippen LogP contribution in [0.3, 0.4) is 0 Å². The summed E-state index contributed by atoms with van der Waals surface area (Å²) in [5.41, 5.74) is 7.55. The summed E-state index contributed by atoms with van der Waals surface area (Å²) in [6, 6.07) is 7.20. The molecule has 0 spiro atoms. The average molecular weight is 258 g/mol. The molecule has 1 unspecified atom stereocenters. The van der Waals surface area contributed by atoms with Crippen LogP contribution in [0.5, 0.6) is 0 Å². The number of benzene rings is 1. The van der Waals surface area contributed by atoms with Gasteiger partial charge >= 0.3 is 0 Å². The zero-order valence-corrected chi connectivity index (χ0v) is 10.5. The number of hydrogen-bond acceptors (Lipinski definition) is 3. The van der Waals surface area contributed by atoms with Gasteiger partial charge in [-0.05, 0) is 24.1 Å². The number of aliphatic hydroxyl groups is 1. The molecule has 0 bridgehead atoms. The molecule has 102 valence electrons. The molecule has 0 saturated carbocycles. The Hall–Kier alpha value is -1.20. The maximum atomic E-state index is 12.4. The normalized spacial score (nSPS) is 12.8. The highest BCUT2D eigenvalue weighted by molar-refractivity contribution is 5.48. The summed E-state index contributed by atoms with van der Waals surface area (Å²) in [7, 11) is 0. The van der Waals surface area contributed by atoms with Gasteiger partial charge in [0.05, 0.1) is 13.2 Å². The van der Waals surface area contributed by atoms with E-state index in [0.717, 1.165) is 12.0 Å². The van der Waals surface area contributed by atoms with Gasteiger partial charge in [-0.2, -0.15) is 0 Å². The molecule has 0 fully saturated rings. The molecule has 0 radical (unpaired) electrons. The van der Waals surface area contributed by atoms with Crippen molar-refractivity contribution in [2.75, 3.05) is 24.6 Å². The fourth-order valence-electron chi connectivity index (χ4n) is 1.78. The van der Waals surface area contributed by atoms with Crippen molar-refractivity contribution < 1.29 is 13.9 Å². The molecule has 1 atom stereocenters. The molecule has 0 aromatic heterocycles. The summed E-state index contributed by atoms with van der Waals surface area (Å²) >= 11 is 0. The minimum Gasteiger partial charge on any atom is -0.395 e. The average Bonchev–Trinajstić information content (AvgIpc) is 2.37. The maximum Gasteiger partial charge on any atom is 0.255 e. The molecular weight excluding hydrogens is 238 g/mol. The molecular formula is C13H20F2N2O. The number of aliphatic hydroxyl groups excluding tert-OH is 1. The molecule has 0 heterocycles. The number of anilines is 1. The minimum absolute atomic E-state index is 0.0274. The van der Waals surface area contributed by atoms with E-state index < -0.39 is 6.43 Å². The van der Waals surface area contributed by atoms with Gasteiger partial charge in [-0.15, -0.1) is 0 Å². The molecule has 3 nitrogen and oxygen atoms in total. The summed E-state index contributed by atoms with van der Waals surface area (Å²) in [6.45, 7) is 1.67. The van der Waals surface area contributed by atoms with Crippen LogP contribution in [0.25, 0.3) is 0 Å². The Kier molecular flexibility index (Phi) is 6.01. The first kappa shape index (κ1) is 14.9. The Labute approximate surface area is 106 Å². The predicted octanol–water partition coefficient (Wildman–Crippen LogP) is 2.16. The monoisotopic (exact) mass is 258 g/mol. The summed E-state index contributed by atoms with van der Waals surface area (Å²) in [5, 5.41) is 8.89. The van der Waals surface area contributed by atoms with Gasteiger partial charge < -0.3 is 15.7 Å². The van der Waals surface area contributed by atoms with Crippen molar-refractivity contribution in [2.24, 2.45) is 5.73 Å². The van der Waals surface area contributed by atoms with E-state index in [1.807, 2.05) is 19.1 Å². The standard InChI is InChI=1S/C13H20F2N2O/c1-2-12(16)10-3-5-11(6-4-10)17(7-8-18)9-13(14)15/h3-6,12-13,18H,2,7-9,16H2,1H3. The lowest BCUT2D eigenvalue weighted by Crippen LogP contribution is -2.31. The minimum atomic E-state index is -2.42. The molecule has 1 aromatic rings. The van der Waals surface area contributed by atoms with Crippen molar-refractivity contribution in [3.63, 3.8) is 0 Å². The molecule has 18 heavy (non-hydrogen) atoms. The van der Waals surface area contributed by atoms with E-state index in [1.165, 1.54) is 4.90 Å². The molecule has 1 rings (SSSR count). The highest BCUT2D eigenvalue weighted by Gasteiger charge is 2.12. The molecule has 0 amide bonds. The van der Waals surface area contributed by atoms with E-state index in [2.05, 4.69) is 0 Å². The first-order valence-corrected chi connectivity index (χ1v) is 6.08. The van der Waals surface area contributed by atoms with Crippen molar-refractivity contribution in [3.8, 4) is 0 Å². The number of nitrogens with zero attached hydrogens (tertiary/aromatic N) is 1. The fourth-order valence-corrected chi connectivity index (χ4v) is 1.78. The van der Waals surface area contributed by atoms with Gasteiger partial charge in [0.25, 0.3) is 6.43 Å². The third-order valence-corrected chi connectivity index (χ3v) is 2.85. The van der Waals surface area contributed by atoms with Gasteiger partial charge in [0.1, 0.15) is 0 Å². The number of alkyl halides is 2. The van der Waals surface area contributed by atoms with E-state index in [-0.39, 0.29) is 25.7 Å². The van der Waals surface area contributed by atoms with E-state index in [1.54, 1.807) is 12.1 Å². The Bertz CT molecular complexity index is 343. The van der Waals surface area contributed by atoms with Crippen LogP contribution in [0.15, 0.2) is 24.3 Å². The smallest absolute Gasteiger partial charge is 0.255 e. The Balaban J connectivity index is 2.79. The molecule has 0 aliphatic carbocycles. The number of nitrogens with two attached hydrogens (primary N) is 1. The Morgan fingerprint density at radius 3 is 2.33 bits per heavy atom. The summed E-state index contributed by atoms with van der Waals surface area (Å²) in [5.74, 6) is 0. The molecule has 1 aromatic carbocycles. The number of hydrogen-bond donors (Lipinski definition) is 2. The zero-order chi connectivity index (χ0) is 13.5. The van der Waals surface area contributed by atoms with Crippen LogP contribution in [0.1, 0.15) is 24.9 Å². The van der Waals surface area contributed by atoms with Gasteiger partial charge in [-0.1, -0.05) is 19.1 Å². The van der Waals surface area contributed by atoms with Gasteiger partial charge in [0, 0.05) is 18.3 Å². The van der Waals surface area contributed by atoms with Gasteiger partial charge in [-0.3, -0.25) is 0 Å². The predicted molar refractivity (Wildman–Crippen MR) is 69.0 cm³/mol. The van der Waals surface area contributed by atoms with Crippen LogP contribution in [0, 0.1) is 0 Å². The first-order chi connectivity index (χ1) is 8.58. The second kappa shape index (κ2) is 7.28. The quantitative estimate of drug-likeness (QED) is 0.788. The summed E-state index contributed by atoms with van der Waals surface area (Å²) in [6.07, 6.45) is -1.59. The van der Waals surface area contributed by atoms with Gasteiger partial charge in [0.2, 0.25) is 0 Å². The van der Waals surface area contributed by atoms with Crippen molar-refractivity contribution in [2.45, 2.75) is 25.8 Å². The first-order valence-electron chi connectivity index (χ1n) is 6.08. The molecule has 0 aliphatic heterocycles. The lowest BCUT2D eigenvalue weighted by atomic mass is 10.1. The van der Waals surface area contributed by atoms with Crippen LogP contribution in [-0.2, 0) is 0 Å². The van der Waals surface area contributed by atoms with Crippen molar-refractivity contribution in [3.05, 3.63) is 29.8 Å². The third kappa shape index (κ3) is 4.23. The Morgan fingerprint density at radius 2 is 1.89 bits per heavy atom. The lowest BCUT2D eigenvalue weighted by Gasteiger charge is -2.24. The lowest BCUT2D eigenvalue weighted by molar-refractivity contribution is 0.153. The molecule has 3 N–H and O–H groups in total. The van der Waals surface area contributed by atoms with Gasteiger partial charge in [0.15, 0.2) is 0 Å². The Morgan fingerprint density at radius 1 is 1.28 bits per heavy atom. The number of halogens is 2. The van der Waals surface area contributed by atoms with Crippen molar-refractivity contribution in [1.29, 1.82) is 0 Å². The largest absolute Gasteiger partial charge is 0.395 e. The van der Waals surface area contributed by atoms with Crippen LogP contribution in [0.2, 0.25) is 0 Å².